The Morgan fingerprint density at radius 1 is 0.703 bits per heavy atom. The number of nitrogens with zero attached hydrogens (tertiary/aromatic N) is 1. The van der Waals surface area contributed by atoms with E-state index in [1.54, 1.807) is 0 Å². The minimum Gasteiger partial charge on any atom is -0.478 e. The maximum Gasteiger partial charge on any atom is 0.328 e. The molecule has 0 radical (unpaired) electrons. The van der Waals surface area contributed by atoms with Gasteiger partial charge in [-0.25, -0.2) is 36.0 Å². The van der Waals surface area contributed by atoms with Gasteiger partial charge in [-0.2, -0.15) is 4.99 Å². The zero-order chi connectivity index (χ0) is 29.7. The second-order valence-electron chi connectivity index (χ2n) is 6.52. The maximum atomic E-state index is 11.8. The number of rotatable bonds is 7. The highest BCUT2D eigenvalue weighted by Crippen LogP contribution is 2.25. The van der Waals surface area contributed by atoms with Gasteiger partial charge in [-0.05, 0) is 24.6 Å². The van der Waals surface area contributed by atoms with Crippen LogP contribution in [0.5, 0.6) is 0 Å². The van der Waals surface area contributed by atoms with Crippen LogP contribution >= 0.6 is 0 Å². The number of hydrogen-bond acceptors (Lipinski definition) is 9. The second kappa shape index (κ2) is 14.7. The van der Waals surface area contributed by atoms with Crippen molar-refractivity contribution in [3.63, 3.8) is 0 Å². The number of carboxylic acids is 4. The molecule has 16 nitrogen and oxygen atoms in total. The molecule has 0 saturated carbocycles. The number of guanidine groups is 1. The normalized spacial score (nSPS) is 10.9. The number of aliphatic imine (C=N–C) groups is 1. The summed E-state index contributed by atoms with van der Waals surface area (Å²) in [4.78, 5) is 52.5. The highest BCUT2D eigenvalue weighted by atomic mass is 32.2. The Labute approximate surface area is 210 Å². The molecule has 1 aromatic carbocycles. The molecular weight excluding hydrogens is 542 g/mol. The fraction of sp³-hybridized carbons (Fsp3) is 0.158. The van der Waals surface area contributed by atoms with E-state index in [1.165, 1.54) is 6.92 Å². The van der Waals surface area contributed by atoms with Gasteiger partial charge in [0.1, 0.15) is 0 Å². The topological polar surface area (TPSA) is 299 Å². The van der Waals surface area contributed by atoms with Crippen molar-refractivity contribution in [2.24, 2.45) is 16.5 Å². The summed E-state index contributed by atoms with van der Waals surface area (Å²) in [6, 6.07) is 2.08. The summed E-state index contributed by atoms with van der Waals surface area (Å²) < 4.78 is 46.9. The van der Waals surface area contributed by atoms with Crippen LogP contribution in [0.2, 0.25) is 0 Å². The molecule has 0 fully saturated rings. The Kier molecular flexibility index (Phi) is 13.8. The van der Waals surface area contributed by atoms with Crippen molar-refractivity contribution in [2.45, 2.75) is 16.7 Å². The lowest BCUT2D eigenvalue weighted by Gasteiger charge is -2.10. The molecule has 1 rings (SSSR count). The van der Waals surface area contributed by atoms with Gasteiger partial charge in [0.05, 0.1) is 9.79 Å². The molecule has 0 aromatic heterocycles. The van der Waals surface area contributed by atoms with Crippen LogP contribution in [0, 0.1) is 6.92 Å². The summed E-state index contributed by atoms with van der Waals surface area (Å²) in [5.74, 6) is -6.36. The van der Waals surface area contributed by atoms with Crippen molar-refractivity contribution in [3.05, 3.63) is 47.6 Å². The van der Waals surface area contributed by atoms with Crippen molar-refractivity contribution < 1.29 is 61.2 Å². The van der Waals surface area contributed by atoms with Crippen LogP contribution in [0.1, 0.15) is 15.9 Å². The van der Waals surface area contributed by atoms with Crippen LogP contribution in [0.4, 0.5) is 0 Å². The Morgan fingerprint density at radius 3 is 1.24 bits per heavy atom. The van der Waals surface area contributed by atoms with E-state index in [0.29, 0.717) is 24.3 Å². The summed E-state index contributed by atoms with van der Waals surface area (Å²) in [7, 11) is -7.64. The number of nitrogens with two attached hydrogens (primary N) is 2. The highest BCUT2D eigenvalue weighted by Gasteiger charge is 2.24. The number of benzene rings is 1. The van der Waals surface area contributed by atoms with E-state index < -0.39 is 60.3 Å². The summed E-state index contributed by atoms with van der Waals surface area (Å²) in [5, 5.41) is 31.2. The molecule has 0 atom stereocenters. The van der Waals surface area contributed by atoms with E-state index in [9.17, 15) is 40.8 Å². The number of aryl methyl sites for hydroxylation is 1. The highest BCUT2D eigenvalue weighted by molar-refractivity contribution is 7.93. The number of amides is 1. The summed E-state index contributed by atoms with van der Waals surface area (Å²) in [6.07, 6.45) is 3.96. The van der Waals surface area contributed by atoms with Crippen molar-refractivity contribution in [1.82, 2.24) is 0 Å². The van der Waals surface area contributed by atoms with E-state index in [2.05, 4.69) is 4.99 Å². The molecule has 8 N–H and O–H groups in total. The number of carbonyl (C=O) groups excluding carboxylic acids is 1. The lowest BCUT2D eigenvalue weighted by atomic mass is 10.1. The summed E-state index contributed by atoms with van der Waals surface area (Å²) in [5.41, 5.74) is 10.4. The number of sulfone groups is 2. The van der Waals surface area contributed by atoms with Crippen LogP contribution in [0.3, 0.4) is 0 Å². The van der Waals surface area contributed by atoms with E-state index >= 15 is 0 Å². The van der Waals surface area contributed by atoms with E-state index in [-0.39, 0.29) is 16.0 Å². The first kappa shape index (κ1) is 34.6. The standard InChI is InChI=1S/C11H15N3O5S2.2C4H4O4/c1-6-4-8(20(2,16)17)9(21(3,18)19)5-7(6)10(15)14-11(12)13;2*5-3(6)1-2-4(7)8/h4-5H,1-3H3,(H4,12,13,14,15);2*1-2H,(H,5,6)(H,7,8)/b;2*2-1+. The molecule has 18 heteroatoms. The number of aliphatic carboxylic acids is 4. The molecule has 0 saturated heterocycles. The Hall–Kier alpha value is -4.58. The molecule has 0 bridgehead atoms. The quantitative estimate of drug-likeness (QED) is 0.126. The van der Waals surface area contributed by atoms with Gasteiger partial charge in [0.15, 0.2) is 25.6 Å². The molecule has 0 aliphatic heterocycles. The van der Waals surface area contributed by atoms with E-state index in [0.717, 1.165) is 24.6 Å². The van der Waals surface area contributed by atoms with Gasteiger partial charge in [0, 0.05) is 42.4 Å². The molecule has 0 heterocycles. The lowest BCUT2D eigenvalue weighted by molar-refractivity contribution is -0.134. The fourth-order valence-electron chi connectivity index (χ4n) is 1.93. The molecule has 0 aliphatic carbocycles. The molecule has 0 spiro atoms. The first-order valence-electron chi connectivity index (χ1n) is 9.06. The third-order valence-corrected chi connectivity index (χ3v) is 5.69. The Morgan fingerprint density at radius 2 is 1.00 bits per heavy atom. The van der Waals surface area contributed by atoms with Gasteiger partial charge >= 0.3 is 23.9 Å². The van der Waals surface area contributed by atoms with Gasteiger partial charge in [0.2, 0.25) is 0 Å². The van der Waals surface area contributed by atoms with Gasteiger partial charge in [-0.1, -0.05) is 0 Å². The Bertz CT molecular complexity index is 1300. The lowest BCUT2D eigenvalue weighted by Crippen LogP contribution is -2.24. The predicted octanol–water partition coefficient (Wildman–Crippen LogP) is -1.36. The van der Waals surface area contributed by atoms with Crippen LogP contribution < -0.4 is 11.5 Å². The largest absolute Gasteiger partial charge is 0.478 e. The van der Waals surface area contributed by atoms with Crippen molar-refractivity contribution >= 4 is 55.4 Å². The number of carboxylic acid groups (broad SMARTS) is 4. The fourth-order valence-corrected chi connectivity index (χ4v) is 4.41. The summed E-state index contributed by atoms with van der Waals surface area (Å²) in [6.45, 7) is 1.45. The molecule has 204 valence electrons. The van der Waals surface area contributed by atoms with Gasteiger partial charge < -0.3 is 31.9 Å². The predicted molar refractivity (Wildman–Crippen MR) is 126 cm³/mol. The van der Waals surface area contributed by atoms with Crippen LogP contribution in [-0.2, 0) is 38.9 Å². The smallest absolute Gasteiger partial charge is 0.328 e. The SMILES string of the molecule is Cc1cc(S(C)(=O)=O)c(S(C)(=O)=O)cc1C(=O)N=C(N)N.O=C(O)/C=C/C(=O)O.O=C(O)/C=C/C(=O)O. The molecule has 0 aliphatic rings. The zero-order valence-electron chi connectivity index (χ0n) is 19.3. The van der Waals surface area contributed by atoms with Crippen molar-refractivity contribution in [3.8, 4) is 0 Å². The number of hydrogen-bond donors (Lipinski definition) is 6. The first-order valence-corrected chi connectivity index (χ1v) is 12.8. The minimum absolute atomic E-state index is 0.0868. The Balaban J connectivity index is 0. The average molecular weight is 566 g/mol. The zero-order valence-corrected chi connectivity index (χ0v) is 21.0. The number of carbonyl (C=O) groups is 5. The average Bonchev–Trinajstić information content (AvgIpc) is 2.69. The van der Waals surface area contributed by atoms with Crippen molar-refractivity contribution in [2.75, 3.05) is 12.5 Å². The van der Waals surface area contributed by atoms with Crippen LogP contribution in [-0.4, -0.2) is 85.5 Å². The van der Waals surface area contributed by atoms with Crippen molar-refractivity contribution in [1.29, 1.82) is 0 Å². The molecular formula is C19H23N3O13S2. The van der Waals surface area contributed by atoms with Gasteiger partial charge in [0.25, 0.3) is 5.91 Å². The molecule has 1 amide bonds. The first-order chi connectivity index (χ1) is 16.6. The molecule has 37 heavy (non-hydrogen) atoms. The summed E-state index contributed by atoms with van der Waals surface area (Å²) >= 11 is 0. The third-order valence-electron chi connectivity index (χ3n) is 3.29. The molecule has 1 aromatic rings. The third kappa shape index (κ3) is 15.9. The van der Waals surface area contributed by atoms with E-state index in [1.807, 2.05) is 0 Å². The van der Waals surface area contributed by atoms with Crippen LogP contribution in [0.15, 0.2) is 51.2 Å². The maximum absolute atomic E-state index is 11.8. The van der Waals surface area contributed by atoms with Gasteiger partial charge in [-0.3, -0.25) is 4.79 Å². The van der Waals surface area contributed by atoms with E-state index in [4.69, 9.17) is 31.9 Å². The molecule has 0 unspecified atom stereocenters. The monoisotopic (exact) mass is 565 g/mol. The van der Waals surface area contributed by atoms with Gasteiger partial charge in [-0.15, -0.1) is 0 Å². The minimum atomic E-state index is -3.86. The second-order valence-corrected chi connectivity index (χ2v) is 10.5. The van der Waals surface area contributed by atoms with Crippen LogP contribution in [0.25, 0.3) is 0 Å².